The molecule has 0 bridgehead atoms. The molecule has 0 aromatic carbocycles. The Balaban J connectivity index is 2.17. The Morgan fingerprint density at radius 2 is 1.81 bits per heavy atom. The highest BCUT2D eigenvalue weighted by atomic mass is 32.1. The van der Waals surface area contributed by atoms with Gasteiger partial charge in [0.2, 0.25) is 0 Å². The van der Waals surface area contributed by atoms with E-state index in [9.17, 15) is 4.79 Å². The van der Waals surface area contributed by atoms with E-state index < -0.39 is 5.97 Å². The van der Waals surface area contributed by atoms with E-state index in [4.69, 9.17) is 10.5 Å². The zero-order chi connectivity index (χ0) is 15.5. The molecular weight excluding hydrogens is 286 g/mol. The van der Waals surface area contributed by atoms with E-state index >= 15 is 0 Å². The molecule has 0 unspecified atom stereocenters. The molecule has 3 N–H and O–H groups in total. The van der Waals surface area contributed by atoms with Crippen LogP contribution < -0.4 is 11.1 Å². The van der Waals surface area contributed by atoms with Crippen molar-refractivity contribution in [1.29, 1.82) is 0 Å². The van der Waals surface area contributed by atoms with Gasteiger partial charge in [0.15, 0.2) is 5.82 Å². The lowest BCUT2D eigenvalue weighted by Gasteiger charge is -2.06. The summed E-state index contributed by atoms with van der Waals surface area (Å²) in [6.07, 6.45) is 10.2. The molecular formula is C15H27N3O2S. The van der Waals surface area contributed by atoms with Gasteiger partial charge in [-0.2, -0.15) is 4.37 Å². The van der Waals surface area contributed by atoms with Crippen molar-refractivity contribution in [3.8, 4) is 0 Å². The number of methoxy groups -OCH3 is 1. The molecule has 0 saturated heterocycles. The molecule has 120 valence electrons. The Hall–Kier alpha value is -1.30. The first-order valence-electron chi connectivity index (χ1n) is 7.78. The van der Waals surface area contributed by atoms with E-state index in [0.29, 0.717) is 10.6 Å². The minimum atomic E-state index is -0.431. The zero-order valence-electron chi connectivity index (χ0n) is 13.1. The molecule has 0 amide bonds. The monoisotopic (exact) mass is 313 g/mol. The fourth-order valence-electron chi connectivity index (χ4n) is 2.18. The second-order valence-corrected chi connectivity index (χ2v) is 5.94. The quantitative estimate of drug-likeness (QED) is 0.476. The molecule has 0 aliphatic heterocycles. The maximum absolute atomic E-state index is 11.6. The van der Waals surface area contributed by atoms with Crippen LogP contribution >= 0.6 is 11.5 Å². The van der Waals surface area contributed by atoms with Gasteiger partial charge in [0.1, 0.15) is 10.6 Å². The van der Waals surface area contributed by atoms with Crippen molar-refractivity contribution in [3.05, 3.63) is 5.56 Å². The van der Waals surface area contributed by atoms with Crippen LogP contribution in [0.25, 0.3) is 0 Å². The van der Waals surface area contributed by atoms with Crippen molar-refractivity contribution < 1.29 is 9.53 Å². The van der Waals surface area contributed by atoms with Gasteiger partial charge in [0.25, 0.3) is 0 Å². The third kappa shape index (κ3) is 6.33. The number of carbonyl (C=O) groups excluding carboxylic acids is 1. The van der Waals surface area contributed by atoms with Crippen LogP contribution in [0.3, 0.4) is 0 Å². The molecule has 0 fully saturated rings. The molecule has 0 aliphatic rings. The highest BCUT2D eigenvalue weighted by molar-refractivity contribution is 7.11. The second kappa shape index (κ2) is 10.4. The van der Waals surface area contributed by atoms with E-state index in [1.165, 1.54) is 63.6 Å². The summed E-state index contributed by atoms with van der Waals surface area (Å²) in [6, 6.07) is 0. The zero-order valence-corrected chi connectivity index (χ0v) is 13.9. The van der Waals surface area contributed by atoms with Crippen molar-refractivity contribution in [2.45, 2.75) is 58.3 Å². The van der Waals surface area contributed by atoms with Crippen LogP contribution in [0, 0.1) is 0 Å². The van der Waals surface area contributed by atoms with Gasteiger partial charge < -0.3 is 15.8 Å². The molecule has 6 heteroatoms. The predicted octanol–water partition coefficient (Wildman–Crippen LogP) is 4.06. The minimum absolute atomic E-state index is 0.241. The highest BCUT2D eigenvalue weighted by Gasteiger charge is 2.19. The van der Waals surface area contributed by atoms with Crippen LogP contribution in [0.1, 0.15) is 68.6 Å². The summed E-state index contributed by atoms with van der Waals surface area (Å²) in [5.41, 5.74) is 6.05. The summed E-state index contributed by atoms with van der Waals surface area (Å²) in [7, 11) is 1.35. The Morgan fingerprint density at radius 3 is 2.43 bits per heavy atom. The Kier molecular flexibility index (Phi) is 8.82. The summed E-state index contributed by atoms with van der Waals surface area (Å²) in [5, 5.41) is 3.95. The number of anilines is 2. The fourth-order valence-corrected chi connectivity index (χ4v) is 2.91. The first-order chi connectivity index (χ1) is 10.2. The standard InChI is InChI=1S/C15H27N3O2S/c1-3-4-5-6-7-8-9-10-11-17-14-12(15(19)20-2)13(16)18-21-14/h17H,3-11H2,1-2H3,(H2,16,18). The van der Waals surface area contributed by atoms with Crippen LogP contribution in [-0.4, -0.2) is 24.0 Å². The molecule has 0 atom stereocenters. The maximum atomic E-state index is 11.6. The normalized spacial score (nSPS) is 10.6. The number of unbranched alkanes of at least 4 members (excludes halogenated alkanes) is 7. The number of nitrogens with one attached hydrogen (secondary N) is 1. The molecule has 21 heavy (non-hydrogen) atoms. The first-order valence-corrected chi connectivity index (χ1v) is 8.55. The molecule has 1 aromatic rings. The van der Waals surface area contributed by atoms with Gasteiger partial charge in [-0.3, -0.25) is 0 Å². The number of nitrogens with two attached hydrogens (primary N) is 1. The Labute approximate surface area is 131 Å². The second-order valence-electron chi connectivity index (χ2n) is 5.17. The largest absolute Gasteiger partial charge is 0.465 e. The summed E-state index contributed by atoms with van der Waals surface area (Å²) in [6.45, 7) is 3.07. The van der Waals surface area contributed by atoms with Crippen LogP contribution in [0.5, 0.6) is 0 Å². The number of esters is 1. The van der Waals surface area contributed by atoms with Crippen molar-refractivity contribution in [1.82, 2.24) is 4.37 Å². The van der Waals surface area contributed by atoms with Gasteiger partial charge in [0.05, 0.1) is 7.11 Å². The van der Waals surface area contributed by atoms with Crippen molar-refractivity contribution in [3.63, 3.8) is 0 Å². The lowest BCUT2D eigenvalue weighted by Crippen LogP contribution is -2.08. The number of nitrogen functional groups attached to an aromatic ring is 1. The van der Waals surface area contributed by atoms with E-state index in [1.807, 2.05) is 0 Å². The summed E-state index contributed by atoms with van der Waals surface area (Å²) in [5.74, 6) is -0.190. The molecule has 0 aliphatic carbocycles. The van der Waals surface area contributed by atoms with E-state index in [1.54, 1.807) is 0 Å². The predicted molar refractivity (Wildman–Crippen MR) is 89.0 cm³/mol. The average molecular weight is 313 g/mol. The number of nitrogens with zero attached hydrogens (tertiary/aromatic N) is 1. The Bertz CT molecular complexity index is 421. The number of aromatic nitrogens is 1. The number of rotatable bonds is 11. The molecule has 5 nitrogen and oxygen atoms in total. The van der Waals surface area contributed by atoms with Crippen LogP contribution in [0.2, 0.25) is 0 Å². The van der Waals surface area contributed by atoms with Crippen molar-refractivity contribution >= 4 is 28.3 Å². The molecule has 1 aromatic heterocycles. The molecule has 0 saturated carbocycles. The van der Waals surface area contributed by atoms with Gasteiger partial charge in [0, 0.05) is 6.54 Å². The average Bonchev–Trinajstić information content (AvgIpc) is 2.85. The minimum Gasteiger partial charge on any atom is -0.465 e. The van der Waals surface area contributed by atoms with E-state index in [-0.39, 0.29) is 5.82 Å². The molecule has 1 heterocycles. The number of ether oxygens (including phenoxy) is 1. The maximum Gasteiger partial charge on any atom is 0.344 e. The molecule has 0 radical (unpaired) electrons. The SMILES string of the molecule is CCCCCCCCCCNc1snc(N)c1C(=O)OC. The lowest BCUT2D eigenvalue weighted by molar-refractivity contribution is 0.0603. The third-order valence-corrected chi connectivity index (χ3v) is 4.24. The summed E-state index contributed by atoms with van der Waals surface area (Å²) >= 11 is 1.21. The van der Waals surface area contributed by atoms with Gasteiger partial charge in [-0.25, -0.2) is 4.79 Å². The van der Waals surface area contributed by atoms with E-state index in [0.717, 1.165) is 13.0 Å². The van der Waals surface area contributed by atoms with Crippen LogP contribution in [-0.2, 0) is 4.74 Å². The summed E-state index contributed by atoms with van der Waals surface area (Å²) < 4.78 is 8.71. The Morgan fingerprint density at radius 1 is 1.19 bits per heavy atom. The van der Waals surface area contributed by atoms with Crippen LogP contribution in [0.4, 0.5) is 10.8 Å². The third-order valence-electron chi connectivity index (χ3n) is 3.42. The van der Waals surface area contributed by atoms with Crippen LogP contribution in [0.15, 0.2) is 0 Å². The molecule has 0 spiro atoms. The highest BCUT2D eigenvalue weighted by Crippen LogP contribution is 2.27. The number of hydrogen-bond acceptors (Lipinski definition) is 6. The van der Waals surface area contributed by atoms with Gasteiger partial charge in [-0.1, -0.05) is 51.9 Å². The number of hydrogen-bond donors (Lipinski definition) is 2. The fraction of sp³-hybridized carbons (Fsp3) is 0.733. The van der Waals surface area contributed by atoms with Crippen molar-refractivity contribution in [2.75, 3.05) is 24.7 Å². The first kappa shape index (κ1) is 17.8. The topological polar surface area (TPSA) is 77.2 Å². The smallest absolute Gasteiger partial charge is 0.344 e. The van der Waals surface area contributed by atoms with E-state index in [2.05, 4.69) is 16.6 Å². The van der Waals surface area contributed by atoms with Crippen molar-refractivity contribution in [2.24, 2.45) is 0 Å². The molecule has 1 rings (SSSR count). The van der Waals surface area contributed by atoms with Gasteiger partial charge in [-0.05, 0) is 18.0 Å². The van der Waals surface area contributed by atoms with Gasteiger partial charge in [-0.15, -0.1) is 0 Å². The lowest BCUT2D eigenvalue weighted by atomic mass is 10.1. The number of carbonyl (C=O) groups is 1. The summed E-state index contributed by atoms with van der Waals surface area (Å²) in [4.78, 5) is 11.6. The van der Waals surface area contributed by atoms with Gasteiger partial charge >= 0.3 is 5.97 Å².